The number of nitrogens with zero attached hydrogens (tertiary/aromatic N) is 3. The highest BCUT2D eigenvalue weighted by Gasteiger charge is 2.25. The Morgan fingerprint density at radius 3 is 2.95 bits per heavy atom. The van der Waals surface area contributed by atoms with Gasteiger partial charge in [0.25, 0.3) is 11.5 Å². The number of rotatable bonds is 5. The minimum Gasteiger partial charge on any atom is -0.349 e. The zero-order valence-electron chi connectivity index (χ0n) is 10.9. The molecule has 7 nitrogen and oxygen atoms in total. The van der Waals surface area contributed by atoms with Crippen molar-refractivity contribution in [1.82, 2.24) is 25.3 Å². The van der Waals surface area contributed by atoms with Gasteiger partial charge in [-0.15, -0.1) is 0 Å². The van der Waals surface area contributed by atoms with Gasteiger partial charge in [-0.1, -0.05) is 0 Å². The first-order valence-electron chi connectivity index (χ1n) is 6.59. The molecule has 1 aliphatic rings. The standard InChI is InChI=1S/C13H15N5O2/c19-12-4-3-10(9-1-2-9)17-18(12)8-7-14-13(20)11-5-6-15-16-11/h3-6,9H,1-2,7-8H2,(H,14,20)(H,15,16). The summed E-state index contributed by atoms with van der Waals surface area (Å²) in [5.74, 6) is 0.260. The van der Waals surface area contributed by atoms with Crippen LogP contribution in [0.2, 0.25) is 0 Å². The van der Waals surface area contributed by atoms with Crippen molar-refractivity contribution >= 4 is 5.91 Å². The molecular weight excluding hydrogens is 258 g/mol. The van der Waals surface area contributed by atoms with Gasteiger partial charge < -0.3 is 5.32 Å². The van der Waals surface area contributed by atoms with E-state index in [1.165, 1.54) is 16.9 Å². The lowest BCUT2D eigenvalue weighted by Crippen LogP contribution is -2.32. The third-order valence-electron chi connectivity index (χ3n) is 3.24. The molecule has 0 bridgehead atoms. The molecule has 1 saturated carbocycles. The molecule has 1 aliphatic carbocycles. The van der Waals surface area contributed by atoms with E-state index >= 15 is 0 Å². The van der Waals surface area contributed by atoms with Gasteiger partial charge in [0.2, 0.25) is 0 Å². The van der Waals surface area contributed by atoms with Gasteiger partial charge in [0.1, 0.15) is 5.69 Å². The van der Waals surface area contributed by atoms with Crippen LogP contribution in [0.15, 0.2) is 29.2 Å². The smallest absolute Gasteiger partial charge is 0.269 e. The Kier molecular flexibility index (Phi) is 3.32. The van der Waals surface area contributed by atoms with Crippen molar-refractivity contribution in [2.45, 2.75) is 25.3 Å². The fourth-order valence-electron chi connectivity index (χ4n) is 1.97. The first-order chi connectivity index (χ1) is 9.74. The molecule has 2 N–H and O–H groups in total. The highest BCUT2D eigenvalue weighted by Crippen LogP contribution is 2.38. The number of H-pyrrole nitrogens is 1. The summed E-state index contributed by atoms with van der Waals surface area (Å²) in [5, 5.41) is 13.3. The lowest BCUT2D eigenvalue weighted by molar-refractivity contribution is 0.0946. The zero-order valence-corrected chi connectivity index (χ0v) is 10.9. The van der Waals surface area contributed by atoms with Gasteiger partial charge in [0.05, 0.1) is 12.2 Å². The van der Waals surface area contributed by atoms with Crippen molar-refractivity contribution in [3.63, 3.8) is 0 Å². The maximum absolute atomic E-state index is 11.7. The largest absolute Gasteiger partial charge is 0.349 e. The van der Waals surface area contributed by atoms with Crippen molar-refractivity contribution in [3.05, 3.63) is 46.1 Å². The summed E-state index contributed by atoms with van der Waals surface area (Å²) < 4.78 is 1.40. The number of hydrogen-bond donors (Lipinski definition) is 2. The molecule has 0 unspecified atom stereocenters. The zero-order chi connectivity index (χ0) is 13.9. The third kappa shape index (κ3) is 2.76. The Hall–Kier alpha value is -2.44. The van der Waals surface area contributed by atoms with E-state index in [9.17, 15) is 9.59 Å². The summed E-state index contributed by atoms with van der Waals surface area (Å²) in [6.07, 6.45) is 3.80. The molecule has 0 saturated heterocycles. The van der Waals surface area contributed by atoms with E-state index in [-0.39, 0.29) is 11.5 Å². The number of aromatic amines is 1. The lowest BCUT2D eigenvalue weighted by Gasteiger charge is -2.07. The summed E-state index contributed by atoms with van der Waals surface area (Å²) in [6, 6.07) is 4.92. The van der Waals surface area contributed by atoms with Gasteiger partial charge in [-0.05, 0) is 25.0 Å². The SMILES string of the molecule is O=C(NCCn1nc(C2CC2)ccc1=O)c1ccn[nH]1. The average molecular weight is 273 g/mol. The summed E-state index contributed by atoms with van der Waals surface area (Å²) in [7, 11) is 0. The van der Waals surface area contributed by atoms with E-state index < -0.39 is 0 Å². The number of nitrogens with one attached hydrogen (secondary N) is 2. The molecular formula is C13H15N5O2. The van der Waals surface area contributed by atoms with Gasteiger partial charge in [0.15, 0.2) is 0 Å². The topological polar surface area (TPSA) is 92.7 Å². The maximum atomic E-state index is 11.7. The average Bonchev–Trinajstić information content (AvgIpc) is 3.15. The van der Waals surface area contributed by atoms with Crippen molar-refractivity contribution in [3.8, 4) is 0 Å². The fourth-order valence-corrected chi connectivity index (χ4v) is 1.97. The first kappa shape index (κ1) is 12.6. The van der Waals surface area contributed by atoms with Crippen LogP contribution in [0, 0.1) is 0 Å². The number of carbonyl (C=O) groups excluding carboxylic acids is 1. The number of amides is 1. The molecule has 20 heavy (non-hydrogen) atoms. The lowest BCUT2D eigenvalue weighted by atomic mass is 10.3. The molecule has 1 fully saturated rings. The van der Waals surface area contributed by atoms with E-state index in [1.54, 1.807) is 12.1 Å². The molecule has 0 aromatic carbocycles. The predicted octanol–water partition coefficient (Wildman–Crippen LogP) is 0.274. The van der Waals surface area contributed by atoms with Crippen LogP contribution in [-0.2, 0) is 6.54 Å². The Balaban J connectivity index is 1.59. The molecule has 0 aliphatic heterocycles. The second-order valence-corrected chi connectivity index (χ2v) is 4.82. The van der Waals surface area contributed by atoms with Crippen LogP contribution in [0.1, 0.15) is 34.9 Å². The molecule has 1 amide bonds. The summed E-state index contributed by atoms with van der Waals surface area (Å²) in [5.41, 5.74) is 1.21. The van der Waals surface area contributed by atoms with Gasteiger partial charge in [-0.25, -0.2) is 4.68 Å². The van der Waals surface area contributed by atoms with Crippen LogP contribution in [0.3, 0.4) is 0 Å². The minimum absolute atomic E-state index is 0.148. The maximum Gasteiger partial charge on any atom is 0.269 e. The Labute approximate surface area is 115 Å². The summed E-state index contributed by atoms with van der Waals surface area (Å²) in [4.78, 5) is 23.4. The van der Waals surface area contributed by atoms with Crippen LogP contribution in [-0.4, -0.2) is 32.4 Å². The predicted molar refractivity (Wildman–Crippen MR) is 71.4 cm³/mol. The summed E-state index contributed by atoms with van der Waals surface area (Å²) in [6.45, 7) is 0.706. The van der Waals surface area contributed by atoms with Crippen LogP contribution in [0.4, 0.5) is 0 Å². The summed E-state index contributed by atoms with van der Waals surface area (Å²) >= 11 is 0. The van der Waals surface area contributed by atoms with Crippen molar-refractivity contribution in [2.75, 3.05) is 6.54 Å². The van der Waals surface area contributed by atoms with Gasteiger partial charge >= 0.3 is 0 Å². The van der Waals surface area contributed by atoms with Crippen LogP contribution < -0.4 is 10.9 Å². The van der Waals surface area contributed by atoms with Crippen molar-refractivity contribution in [2.24, 2.45) is 0 Å². The molecule has 3 rings (SSSR count). The van der Waals surface area contributed by atoms with Crippen molar-refractivity contribution < 1.29 is 4.79 Å². The minimum atomic E-state index is -0.242. The highest BCUT2D eigenvalue weighted by molar-refractivity contribution is 5.91. The number of carbonyl (C=O) groups is 1. The van der Waals surface area contributed by atoms with E-state index in [1.807, 2.05) is 0 Å². The molecule has 0 spiro atoms. The molecule has 7 heteroatoms. The van der Waals surface area contributed by atoms with E-state index in [0.29, 0.717) is 24.7 Å². The van der Waals surface area contributed by atoms with Gasteiger partial charge in [0, 0.05) is 24.7 Å². The van der Waals surface area contributed by atoms with E-state index in [4.69, 9.17) is 0 Å². The molecule has 2 aromatic heterocycles. The van der Waals surface area contributed by atoms with Crippen molar-refractivity contribution in [1.29, 1.82) is 0 Å². The molecule has 0 radical (unpaired) electrons. The first-order valence-corrected chi connectivity index (χ1v) is 6.59. The Morgan fingerprint density at radius 1 is 1.40 bits per heavy atom. The molecule has 2 aromatic rings. The second kappa shape index (κ2) is 5.28. The monoisotopic (exact) mass is 273 g/mol. The molecule has 0 atom stereocenters. The third-order valence-corrected chi connectivity index (χ3v) is 3.24. The number of hydrogen-bond acceptors (Lipinski definition) is 4. The highest BCUT2D eigenvalue weighted by atomic mass is 16.2. The number of aromatic nitrogens is 4. The molecule has 104 valence electrons. The quantitative estimate of drug-likeness (QED) is 0.818. The molecule has 2 heterocycles. The normalized spacial score (nSPS) is 14.2. The van der Waals surface area contributed by atoms with Gasteiger partial charge in [-0.2, -0.15) is 10.2 Å². The Bertz CT molecular complexity index is 658. The van der Waals surface area contributed by atoms with Crippen LogP contribution in [0.5, 0.6) is 0 Å². The fraction of sp³-hybridized carbons (Fsp3) is 0.385. The van der Waals surface area contributed by atoms with E-state index in [2.05, 4.69) is 20.6 Å². The van der Waals surface area contributed by atoms with Gasteiger partial charge in [-0.3, -0.25) is 14.7 Å². The van der Waals surface area contributed by atoms with Crippen LogP contribution >= 0.6 is 0 Å². The Morgan fingerprint density at radius 2 is 2.25 bits per heavy atom. The van der Waals surface area contributed by atoms with Crippen LogP contribution in [0.25, 0.3) is 0 Å². The van der Waals surface area contributed by atoms with E-state index in [0.717, 1.165) is 18.5 Å². The second-order valence-electron chi connectivity index (χ2n) is 4.82.